The summed E-state index contributed by atoms with van der Waals surface area (Å²) >= 11 is 6.27. The summed E-state index contributed by atoms with van der Waals surface area (Å²) in [5.74, 6) is -0.144. The van der Waals surface area contributed by atoms with Crippen molar-refractivity contribution in [1.29, 1.82) is 0 Å². The van der Waals surface area contributed by atoms with E-state index in [1.807, 2.05) is 0 Å². The van der Waals surface area contributed by atoms with Crippen LogP contribution in [0.3, 0.4) is 0 Å². The fourth-order valence-corrected chi connectivity index (χ4v) is 5.89. The van der Waals surface area contributed by atoms with E-state index in [4.69, 9.17) is 16.3 Å². The molecule has 0 spiro atoms. The molecule has 1 saturated heterocycles. The Morgan fingerprint density at radius 3 is 2.33 bits per heavy atom. The molecule has 218 valence electrons. The Morgan fingerprint density at radius 2 is 1.75 bits per heavy atom. The van der Waals surface area contributed by atoms with Crippen LogP contribution in [0.25, 0.3) is 0 Å². The molecule has 2 aromatic carbocycles. The largest absolute Gasteiger partial charge is 0.490 e. The first-order chi connectivity index (χ1) is 18.8. The van der Waals surface area contributed by atoms with E-state index in [1.54, 1.807) is 45.3 Å². The smallest absolute Gasteiger partial charge is 0.430 e. The summed E-state index contributed by atoms with van der Waals surface area (Å²) in [6.07, 6.45) is -0.790. The van der Waals surface area contributed by atoms with Crippen LogP contribution in [0.2, 0.25) is 5.02 Å². The van der Waals surface area contributed by atoms with E-state index in [2.05, 4.69) is 0 Å². The number of piperidine rings is 1. The Labute approximate surface area is 238 Å². The van der Waals surface area contributed by atoms with Crippen molar-refractivity contribution < 1.29 is 32.6 Å². The van der Waals surface area contributed by atoms with Crippen LogP contribution >= 0.6 is 11.6 Å². The fourth-order valence-electron chi connectivity index (χ4n) is 5.64. The molecule has 1 heterocycles. The average molecular weight is 581 g/mol. The molecule has 2 aromatic rings. The van der Waals surface area contributed by atoms with Crippen LogP contribution in [0.4, 0.5) is 13.2 Å². The van der Waals surface area contributed by atoms with E-state index in [0.29, 0.717) is 53.0 Å². The summed E-state index contributed by atoms with van der Waals surface area (Å²) in [5.41, 5.74) is -2.97. The highest BCUT2D eigenvalue weighted by molar-refractivity contribution is 6.34. The Balaban J connectivity index is 1.28. The maximum absolute atomic E-state index is 14.1. The molecule has 2 amide bonds. The highest BCUT2D eigenvalue weighted by Gasteiger charge is 2.62. The zero-order valence-corrected chi connectivity index (χ0v) is 23.8. The summed E-state index contributed by atoms with van der Waals surface area (Å²) in [6, 6.07) is 10.6. The topological polar surface area (TPSA) is 70.1 Å². The minimum absolute atomic E-state index is 0.0406. The first-order valence-electron chi connectivity index (χ1n) is 13.7. The maximum atomic E-state index is 14.1. The van der Waals surface area contributed by atoms with Gasteiger partial charge in [-0.25, -0.2) is 0 Å². The van der Waals surface area contributed by atoms with Crippen LogP contribution in [-0.4, -0.2) is 66.2 Å². The highest BCUT2D eigenvalue weighted by atomic mass is 35.5. The molecule has 2 fully saturated rings. The first kappa shape index (κ1) is 30.2. The second kappa shape index (κ2) is 12.0. The van der Waals surface area contributed by atoms with Crippen molar-refractivity contribution in [3.8, 4) is 5.75 Å². The van der Waals surface area contributed by atoms with E-state index in [1.165, 1.54) is 17.0 Å². The molecule has 0 unspecified atom stereocenters. The number of carbonyl (C=O) groups is 2. The Bertz CT molecular complexity index is 1220. The van der Waals surface area contributed by atoms with E-state index < -0.39 is 23.2 Å². The van der Waals surface area contributed by atoms with Gasteiger partial charge in [-0.3, -0.25) is 9.59 Å². The molecule has 1 saturated carbocycles. The SMILES string of the molecule is CCc1cccc([C@@](O)(C(=O)N2CCC(C[C@H]3C[C@@H](Oc4ccc(C(=O)N(C)C)c(Cl)c4)C3)CC2)C(F)(F)F)c1. The highest BCUT2D eigenvalue weighted by Crippen LogP contribution is 2.43. The van der Waals surface area contributed by atoms with Gasteiger partial charge in [0.25, 0.3) is 17.4 Å². The molecule has 2 aliphatic rings. The number of rotatable bonds is 8. The van der Waals surface area contributed by atoms with Crippen molar-refractivity contribution in [2.45, 2.75) is 63.3 Å². The van der Waals surface area contributed by atoms with Crippen molar-refractivity contribution >= 4 is 23.4 Å². The van der Waals surface area contributed by atoms with Gasteiger partial charge in [-0.2, -0.15) is 13.2 Å². The molecule has 0 radical (unpaired) electrons. The lowest BCUT2D eigenvalue weighted by Gasteiger charge is -2.41. The summed E-state index contributed by atoms with van der Waals surface area (Å²) in [4.78, 5) is 27.9. The number of aryl methyl sites for hydroxylation is 1. The average Bonchev–Trinajstić information content (AvgIpc) is 2.90. The summed E-state index contributed by atoms with van der Waals surface area (Å²) in [7, 11) is 3.32. The molecule has 40 heavy (non-hydrogen) atoms. The lowest BCUT2D eigenvalue weighted by molar-refractivity contribution is -0.262. The van der Waals surface area contributed by atoms with Crippen LogP contribution < -0.4 is 4.74 Å². The summed E-state index contributed by atoms with van der Waals surface area (Å²) < 4.78 is 48.3. The van der Waals surface area contributed by atoms with E-state index in [-0.39, 0.29) is 25.1 Å². The van der Waals surface area contributed by atoms with E-state index in [9.17, 15) is 27.9 Å². The Kier molecular flexibility index (Phi) is 9.05. The molecule has 6 nitrogen and oxygen atoms in total. The molecule has 4 rings (SSSR count). The lowest BCUT2D eigenvalue weighted by Crippen LogP contribution is -2.57. The first-order valence-corrected chi connectivity index (χ1v) is 14.1. The number of carbonyl (C=O) groups excluding carboxylic acids is 2. The van der Waals surface area contributed by atoms with Gasteiger partial charge >= 0.3 is 6.18 Å². The number of amides is 2. The number of nitrogens with zero attached hydrogens (tertiary/aromatic N) is 2. The zero-order chi connectivity index (χ0) is 29.2. The van der Waals surface area contributed by atoms with Crippen molar-refractivity contribution in [2.75, 3.05) is 27.2 Å². The van der Waals surface area contributed by atoms with Crippen LogP contribution in [0.15, 0.2) is 42.5 Å². The summed E-state index contributed by atoms with van der Waals surface area (Å²) in [6.45, 7) is 2.16. The molecule has 1 N–H and O–H groups in total. The van der Waals surface area contributed by atoms with E-state index in [0.717, 1.165) is 30.2 Å². The van der Waals surface area contributed by atoms with Gasteiger partial charge in [-0.15, -0.1) is 0 Å². The number of hydrogen-bond acceptors (Lipinski definition) is 4. The van der Waals surface area contributed by atoms with Gasteiger partial charge in [0.05, 0.1) is 16.7 Å². The standard InChI is InChI=1S/C30H36ClF3N2O4/c1-4-19-6-5-7-22(15-19)29(39,30(32,33)34)28(38)36-12-10-20(11-13-36)14-21-16-24(17-21)40-23-8-9-25(26(31)18-23)27(37)35(2)3/h5-9,15,18,20-21,24,39H,4,10-14,16-17H2,1-3H3/t21-,24+,29-/m1/s1. The normalized spacial score (nSPS) is 21.4. The van der Waals surface area contributed by atoms with Gasteiger partial charge in [0.2, 0.25) is 0 Å². The van der Waals surface area contributed by atoms with Crippen molar-refractivity contribution in [3.63, 3.8) is 0 Å². The summed E-state index contributed by atoms with van der Waals surface area (Å²) in [5, 5.41) is 11.1. The number of likely N-dealkylation sites (tertiary alicyclic amines) is 1. The number of hydrogen-bond donors (Lipinski definition) is 1. The maximum Gasteiger partial charge on any atom is 0.430 e. The lowest BCUT2D eigenvalue weighted by atomic mass is 9.74. The number of aliphatic hydroxyl groups is 1. The van der Waals surface area contributed by atoms with Gasteiger partial charge in [0.15, 0.2) is 0 Å². The molecule has 0 aromatic heterocycles. The van der Waals surface area contributed by atoms with Crippen LogP contribution in [0.5, 0.6) is 5.75 Å². The molecule has 1 aliphatic carbocycles. The predicted octanol–water partition coefficient (Wildman–Crippen LogP) is 5.84. The third-order valence-electron chi connectivity index (χ3n) is 8.11. The van der Waals surface area contributed by atoms with Crippen molar-refractivity contribution in [2.24, 2.45) is 11.8 Å². The van der Waals surface area contributed by atoms with Gasteiger partial charge in [-0.1, -0.05) is 42.8 Å². The van der Waals surface area contributed by atoms with Gasteiger partial charge < -0.3 is 19.6 Å². The zero-order valence-electron chi connectivity index (χ0n) is 23.0. The number of alkyl halides is 3. The van der Waals surface area contributed by atoms with Gasteiger partial charge in [-0.05, 0) is 74.1 Å². The van der Waals surface area contributed by atoms with Gasteiger partial charge in [0, 0.05) is 32.7 Å². The van der Waals surface area contributed by atoms with E-state index >= 15 is 0 Å². The van der Waals surface area contributed by atoms with Crippen LogP contribution in [0.1, 0.15) is 60.5 Å². The quantitative estimate of drug-likeness (QED) is 0.426. The predicted molar refractivity (Wildman–Crippen MR) is 146 cm³/mol. The number of benzene rings is 2. The molecule has 10 heteroatoms. The second-order valence-electron chi connectivity index (χ2n) is 11.2. The van der Waals surface area contributed by atoms with Crippen LogP contribution in [0, 0.1) is 11.8 Å². The minimum atomic E-state index is -5.14. The monoisotopic (exact) mass is 580 g/mol. The minimum Gasteiger partial charge on any atom is -0.490 e. The molecular formula is C30H36ClF3N2O4. The molecular weight excluding hydrogens is 545 g/mol. The van der Waals surface area contributed by atoms with Crippen molar-refractivity contribution in [1.82, 2.24) is 9.80 Å². The fraction of sp³-hybridized carbons (Fsp3) is 0.533. The Hall–Kier alpha value is -2.78. The number of halogens is 4. The Morgan fingerprint density at radius 1 is 1.07 bits per heavy atom. The molecule has 1 atom stereocenters. The van der Waals surface area contributed by atoms with Gasteiger partial charge in [0.1, 0.15) is 5.75 Å². The second-order valence-corrected chi connectivity index (χ2v) is 11.6. The van der Waals surface area contributed by atoms with Crippen LogP contribution in [-0.2, 0) is 16.8 Å². The van der Waals surface area contributed by atoms with Crippen molar-refractivity contribution in [3.05, 3.63) is 64.2 Å². The third-order valence-corrected chi connectivity index (χ3v) is 8.43. The third kappa shape index (κ3) is 6.25. The number of ether oxygens (including phenoxy) is 1. The molecule has 0 bridgehead atoms. The molecule has 1 aliphatic heterocycles.